The van der Waals surface area contributed by atoms with Crippen molar-refractivity contribution in [2.24, 2.45) is 10.9 Å². The Morgan fingerprint density at radius 3 is 3.00 bits per heavy atom. The molecule has 2 aliphatic heterocycles. The van der Waals surface area contributed by atoms with Crippen LogP contribution in [0, 0.1) is 5.92 Å². The van der Waals surface area contributed by atoms with Gasteiger partial charge in [-0.25, -0.2) is 0 Å². The lowest BCUT2D eigenvalue weighted by atomic mass is 9.93. The maximum Gasteiger partial charge on any atom is 0.304 e. The zero-order valence-corrected chi connectivity index (χ0v) is 16.0. The third-order valence-corrected chi connectivity index (χ3v) is 5.25. The van der Waals surface area contributed by atoms with E-state index in [4.69, 9.17) is 4.74 Å². The maximum atomic E-state index is 11.2. The third kappa shape index (κ3) is 5.25. The lowest BCUT2D eigenvalue weighted by Gasteiger charge is -2.24. The molecule has 0 saturated heterocycles. The molecule has 2 N–H and O–H groups in total. The number of hydrogen-bond donors (Lipinski definition) is 2. The van der Waals surface area contributed by atoms with Crippen molar-refractivity contribution in [3.63, 3.8) is 0 Å². The number of carboxylic acids is 1. The van der Waals surface area contributed by atoms with Gasteiger partial charge in [0.25, 0.3) is 0 Å². The van der Waals surface area contributed by atoms with E-state index in [1.807, 2.05) is 13.1 Å². The molecule has 6 nitrogen and oxygen atoms in total. The molecule has 0 amide bonds. The summed E-state index contributed by atoms with van der Waals surface area (Å²) in [4.78, 5) is 17.6. The number of nitrogens with zero attached hydrogens (tertiary/aromatic N) is 2. The molecule has 27 heavy (non-hydrogen) atoms. The zero-order chi connectivity index (χ0) is 19.2. The SMILES string of the molecule is C=C1[C@H](CC(=O)O)Cc2ccc(OCCCCC3=NCCN3)cc2CN1C. The van der Waals surface area contributed by atoms with E-state index in [1.54, 1.807) is 0 Å². The molecule has 0 aromatic heterocycles. The molecule has 1 aromatic rings. The van der Waals surface area contributed by atoms with Crippen LogP contribution in [0.5, 0.6) is 5.75 Å². The van der Waals surface area contributed by atoms with Gasteiger partial charge < -0.3 is 20.1 Å². The summed E-state index contributed by atoms with van der Waals surface area (Å²) in [6.45, 7) is 7.40. The van der Waals surface area contributed by atoms with Crippen LogP contribution >= 0.6 is 0 Å². The van der Waals surface area contributed by atoms with Crippen molar-refractivity contribution in [3.05, 3.63) is 41.6 Å². The minimum atomic E-state index is -0.781. The lowest BCUT2D eigenvalue weighted by Crippen LogP contribution is -2.22. The van der Waals surface area contributed by atoms with Crippen LogP contribution in [0.1, 0.15) is 36.8 Å². The Morgan fingerprint density at radius 2 is 2.26 bits per heavy atom. The zero-order valence-electron chi connectivity index (χ0n) is 16.0. The van der Waals surface area contributed by atoms with Crippen molar-refractivity contribution >= 4 is 11.8 Å². The molecule has 0 spiro atoms. The van der Waals surface area contributed by atoms with Gasteiger partial charge in [-0.15, -0.1) is 0 Å². The van der Waals surface area contributed by atoms with E-state index in [-0.39, 0.29) is 12.3 Å². The Kier molecular flexibility index (Phi) is 6.37. The number of carboxylic acid groups (broad SMARTS) is 1. The Morgan fingerprint density at radius 1 is 1.41 bits per heavy atom. The van der Waals surface area contributed by atoms with Crippen LogP contribution in [-0.4, -0.2) is 48.6 Å². The second-order valence-corrected chi connectivity index (χ2v) is 7.34. The van der Waals surface area contributed by atoms with E-state index in [2.05, 4.69) is 33.9 Å². The summed E-state index contributed by atoms with van der Waals surface area (Å²) in [6, 6.07) is 6.15. The number of benzene rings is 1. The van der Waals surface area contributed by atoms with E-state index < -0.39 is 5.97 Å². The van der Waals surface area contributed by atoms with Gasteiger partial charge in [-0.3, -0.25) is 9.79 Å². The first-order valence-corrected chi connectivity index (χ1v) is 9.66. The van der Waals surface area contributed by atoms with Gasteiger partial charge in [0.15, 0.2) is 0 Å². The highest BCUT2D eigenvalue weighted by Crippen LogP contribution is 2.31. The molecular weight excluding hydrogens is 342 g/mol. The van der Waals surface area contributed by atoms with Gasteiger partial charge in [-0.2, -0.15) is 0 Å². The van der Waals surface area contributed by atoms with Crippen LogP contribution in [0.25, 0.3) is 0 Å². The second kappa shape index (κ2) is 8.93. The third-order valence-electron chi connectivity index (χ3n) is 5.25. The number of aliphatic carboxylic acids is 1. The van der Waals surface area contributed by atoms with Gasteiger partial charge in [-0.05, 0) is 42.5 Å². The van der Waals surface area contributed by atoms with E-state index >= 15 is 0 Å². The van der Waals surface area contributed by atoms with E-state index in [1.165, 1.54) is 11.1 Å². The summed E-state index contributed by atoms with van der Waals surface area (Å²) in [7, 11) is 1.97. The van der Waals surface area contributed by atoms with Crippen LogP contribution in [0.4, 0.5) is 0 Å². The van der Waals surface area contributed by atoms with Crippen molar-refractivity contribution < 1.29 is 14.6 Å². The van der Waals surface area contributed by atoms with Crippen LogP contribution in [0.2, 0.25) is 0 Å². The minimum Gasteiger partial charge on any atom is -0.494 e. The van der Waals surface area contributed by atoms with Crippen molar-refractivity contribution in [1.82, 2.24) is 10.2 Å². The summed E-state index contributed by atoms with van der Waals surface area (Å²) in [5.74, 6) is 1.16. The van der Waals surface area contributed by atoms with Gasteiger partial charge in [0.1, 0.15) is 5.75 Å². The summed E-state index contributed by atoms with van der Waals surface area (Å²) in [5.41, 5.74) is 3.26. The quantitative estimate of drug-likeness (QED) is 0.688. The predicted octanol–water partition coefficient (Wildman–Crippen LogP) is 2.83. The molecule has 3 rings (SSSR count). The molecular formula is C21H29N3O3. The predicted molar refractivity (Wildman–Crippen MR) is 106 cm³/mol. The molecule has 0 unspecified atom stereocenters. The fourth-order valence-corrected chi connectivity index (χ4v) is 3.69. The standard InChI is InChI=1S/C21H29N3O3/c1-15-17(13-21(25)26)11-16-6-7-19(12-18(16)14-24(15)2)27-10-4-3-5-20-22-8-9-23-20/h6-7,12,17H,1,3-5,8-11,13-14H2,2H3,(H,22,23)(H,25,26)/t17-/m0/s1. The number of allylic oxidation sites excluding steroid dienone is 1. The number of ether oxygens (including phenoxy) is 1. The fraction of sp³-hybridized carbons (Fsp3) is 0.524. The number of amidine groups is 1. The highest BCUT2D eigenvalue weighted by Gasteiger charge is 2.25. The van der Waals surface area contributed by atoms with Gasteiger partial charge in [0.2, 0.25) is 0 Å². The van der Waals surface area contributed by atoms with Gasteiger partial charge >= 0.3 is 5.97 Å². The molecule has 1 aromatic carbocycles. The Hall–Kier alpha value is -2.50. The number of fused-ring (bicyclic) bond motifs is 1. The molecule has 0 aliphatic carbocycles. The first-order valence-electron chi connectivity index (χ1n) is 9.66. The number of unbranched alkanes of at least 4 members (excludes halogenated alkanes) is 1. The normalized spacial score (nSPS) is 19.1. The van der Waals surface area contributed by atoms with Crippen LogP contribution in [0.3, 0.4) is 0 Å². The summed E-state index contributed by atoms with van der Waals surface area (Å²) in [6.07, 6.45) is 3.87. The molecule has 1 atom stereocenters. The van der Waals surface area contributed by atoms with E-state index in [0.717, 1.165) is 56.2 Å². The smallest absolute Gasteiger partial charge is 0.304 e. The fourth-order valence-electron chi connectivity index (χ4n) is 3.69. The molecule has 0 bridgehead atoms. The van der Waals surface area contributed by atoms with E-state index in [0.29, 0.717) is 13.0 Å². The van der Waals surface area contributed by atoms with Crippen molar-refractivity contribution in [3.8, 4) is 5.75 Å². The first kappa shape index (κ1) is 19.3. The number of hydrogen-bond acceptors (Lipinski definition) is 5. The van der Waals surface area contributed by atoms with Crippen molar-refractivity contribution in [2.75, 3.05) is 26.7 Å². The molecule has 0 radical (unpaired) electrons. The Bertz CT molecular complexity index is 729. The highest BCUT2D eigenvalue weighted by molar-refractivity contribution is 5.83. The highest BCUT2D eigenvalue weighted by atomic mass is 16.5. The van der Waals surface area contributed by atoms with Crippen molar-refractivity contribution in [1.29, 1.82) is 0 Å². The van der Waals surface area contributed by atoms with Crippen molar-refractivity contribution in [2.45, 2.75) is 38.6 Å². The van der Waals surface area contributed by atoms with Gasteiger partial charge in [0, 0.05) is 38.2 Å². The van der Waals surface area contributed by atoms with Crippen LogP contribution in [0.15, 0.2) is 35.5 Å². The van der Waals surface area contributed by atoms with Gasteiger partial charge in [0.05, 0.1) is 25.4 Å². The number of rotatable bonds is 8. The number of aliphatic imine (C=N–C) groups is 1. The Balaban J connectivity index is 1.55. The molecule has 2 heterocycles. The number of carbonyl (C=O) groups is 1. The maximum absolute atomic E-state index is 11.2. The second-order valence-electron chi connectivity index (χ2n) is 7.34. The minimum absolute atomic E-state index is 0.0624. The average molecular weight is 371 g/mol. The van der Waals surface area contributed by atoms with Gasteiger partial charge in [-0.1, -0.05) is 12.6 Å². The molecule has 146 valence electrons. The molecule has 6 heteroatoms. The molecule has 2 aliphatic rings. The summed E-state index contributed by atoms with van der Waals surface area (Å²) in [5, 5.41) is 12.5. The molecule has 0 fully saturated rings. The number of nitrogens with one attached hydrogen (secondary N) is 1. The topological polar surface area (TPSA) is 74.2 Å². The van der Waals surface area contributed by atoms with E-state index in [9.17, 15) is 9.90 Å². The summed E-state index contributed by atoms with van der Waals surface area (Å²) < 4.78 is 5.94. The van der Waals surface area contributed by atoms with Crippen LogP contribution < -0.4 is 10.1 Å². The Labute approximate surface area is 160 Å². The largest absolute Gasteiger partial charge is 0.494 e. The molecule has 0 saturated carbocycles. The monoisotopic (exact) mass is 371 g/mol. The lowest BCUT2D eigenvalue weighted by molar-refractivity contribution is -0.137. The van der Waals surface area contributed by atoms with Crippen LogP contribution in [-0.2, 0) is 17.8 Å². The summed E-state index contributed by atoms with van der Waals surface area (Å²) >= 11 is 0. The first-order chi connectivity index (χ1) is 13.0. The average Bonchev–Trinajstić information content (AvgIpc) is 3.11.